The fourth-order valence-corrected chi connectivity index (χ4v) is 3.51. The average Bonchev–Trinajstić information content (AvgIpc) is 3.52. The molecule has 30 heavy (non-hydrogen) atoms. The second kappa shape index (κ2) is 12.3. The highest BCUT2D eigenvalue weighted by atomic mass is 127. The molecule has 0 aromatic heterocycles. The quantitative estimate of drug-likeness (QED) is 0.206. The highest BCUT2D eigenvalue weighted by Crippen LogP contribution is 2.26. The van der Waals surface area contributed by atoms with E-state index in [0.717, 1.165) is 50.7 Å². The maximum Gasteiger partial charge on any atom is 0.223 e. The number of rotatable bonds is 8. The van der Waals surface area contributed by atoms with Gasteiger partial charge < -0.3 is 20.7 Å². The summed E-state index contributed by atoms with van der Waals surface area (Å²) in [6.07, 6.45) is 5.96. The van der Waals surface area contributed by atoms with Gasteiger partial charge in [-0.2, -0.15) is 0 Å². The van der Waals surface area contributed by atoms with Crippen LogP contribution < -0.4 is 20.7 Å². The molecule has 0 aliphatic heterocycles. The van der Waals surface area contributed by atoms with Crippen molar-refractivity contribution in [1.82, 2.24) is 16.0 Å². The van der Waals surface area contributed by atoms with E-state index in [9.17, 15) is 13.6 Å². The molecule has 6 nitrogen and oxygen atoms in total. The van der Waals surface area contributed by atoms with E-state index in [2.05, 4.69) is 20.9 Å². The summed E-state index contributed by atoms with van der Waals surface area (Å²) in [7, 11) is 0. The summed E-state index contributed by atoms with van der Waals surface area (Å²) in [5.41, 5.74) is 0. The summed E-state index contributed by atoms with van der Waals surface area (Å²) in [6, 6.07) is 4.05. The first-order valence-electron chi connectivity index (χ1n) is 10.5. The minimum Gasteiger partial charge on any atom is -0.492 e. The van der Waals surface area contributed by atoms with Crippen molar-refractivity contribution < 1.29 is 18.3 Å². The summed E-state index contributed by atoms with van der Waals surface area (Å²) in [6.45, 7) is 3.32. The third-order valence-electron chi connectivity index (χ3n) is 5.17. The molecule has 1 aromatic carbocycles. The van der Waals surface area contributed by atoms with E-state index in [-0.39, 0.29) is 54.2 Å². The van der Waals surface area contributed by atoms with Crippen LogP contribution in [0.4, 0.5) is 8.78 Å². The van der Waals surface area contributed by atoms with Gasteiger partial charge in [0.1, 0.15) is 12.4 Å². The van der Waals surface area contributed by atoms with Crippen LogP contribution in [0, 0.1) is 17.6 Å². The number of aliphatic imine (C=N–C) groups is 1. The van der Waals surface area contributed by atoms with Crippen molar-refractivity contribution in [2.75, 3.05) is 19.7 Å². The van der Waals surface area contributed by atoms with Gasteiger partial charge in [0.25, 0.3) is 0 Å². The molecule has 0 radical (unpaired) electrons. The number of ether oxygens (including phenoxy) is 1. The number of hydrogen-bond acceptors (Lipinski definition) is 3. The second-order valence-corrected chi connectivity index (χ2v) is 7.67. The summed E-state index contributed by atoms with van der Waals surface area (Å²) in [4.78, 5) is 16.8. The lowest BCUT2D eigenvalue weighted by atomic mass is 9.85. The monoisotopic (exact) mass is 536 g/mol. The topological polar surface area (TPSA) is 74.8 Å². The van der Waals surface area contributed by atoms with Gasteiger partial charge in [-0.1, -0.05) is 6.42 Å². The number of amides is 1. The van der Waals surface area contributed by atoms with E-state index in [0.29, 0.717) is 25.1 Å². The predicted molar refractivity (Wildman–Crippen MR) is 123 cm³/mol. The van der Waals surface area contributed by atoms with Crippen LogP contribution in [0.3, 0.4) is 0 Å². The van der Waals surface area contributed by atoms with Crippen LogP contribution in [0.25, 0.3) is 0 Å². The first-order valence-corrected chi connectivity index (χ1v) is 10.5. The Hall–Kier alpha value is -1.65. The first-order chi connectivity index (χ1) is 14.0. The fourth-order valence-electron chi connectivity index (χ4n) is 3.51. The standard InChI is InChI=1S/C21H30F2N4O2.HI/c1-2-24-21(25-10-11-29-17-8-9-18(22)19(23)13-17)27-16-5-3-4-14(12-16)20(28)26-15-6-7-15;/h8-9,13-16H,2-7,10-12H2,1H3,(H,26,28)(H2,24,25,27);1H. The van der Waals surface area contributed by atoms with Gasteiger partial charge in [-0.25, -0.2) is 13.8 Å². The van der Waals surface area contributed by atoms with E-state index in [1.54, 1.807) is 0 Å². The summed E-state index contributed by atoms with van der Waals surface area (Å²) >= 11 is 0. The van der Waals surface area contributed by atoms with E-state index in [1.165, 1.54) is 6.07 Å². The zero-order chi connectivity index (χ0) is 20.6. The minimum atomic E-state index is -0.932. The number of hydrogen-bond donors (Lipinski definition) is 3. The molecular formula is C21H31F2IN4O2. The SMILES string of the molecule is CCNC(=NCCOc1ccc(F)c(F)c1)NC1CCCC(C(=O)NC2CC2)C1.I. The van der Waals surface area contributed by atoms with E-state index >= 15 is 0 Å². The van der Waals surface area contributed by atoms with Crippen LogP contribution >= 0.6 is 24.0 Å². The molecule has 2 atom stereocenters. The number of guanidine groups is 1. The average molecular weight is 536 g/mol. The van der Waals surface area contributed by atoms with Crippen LogP contribution in [0.1, 0.15) is 45.4 Å². The van der Waals surface area contributed by atoms with E-state index in [1.807, 2.05) is 6.92 Å². The van der Waals surface area contributed by atoms with Crippen molar-refractivity contribution in [2.45, 2.75) is 57.5 Å². The molecule has 0 saturated heterocycles. The Morgan fingerprint density at radius 3 is 2.63 bits per heavy atom. The molecule has 0 spiro atoms. The normalized spacial score (nSPS) is 21.4. The summed E-state index contributed by atoms with van der Waals surface area (Å²) < 4.78 is 31.6. The Labute approximate surface area is 193 Å². The Morgan fingerprint density at radius 1 is 1.13 bits per heavy atom. The largest absolute Gasteiger partial charge is 0.492 e. The molecule has 0 bridgehead atoms. The molecule has 1 amide bonds. The zero-order valence-electron chi connectivity index (χ0n) is 17.3. The van der Waals surface area contributed by atoms with Gasteiger partial charge in [-0.05, 0) is 51.2 Å². The molecule has 168 valence electrons. The third kappa shape index (κ3) is 7.88. The number of carbonyl (C=O) groups excluding carboxylic acids is 1. The van der Waals surface area contributed by atoms with Gasteiger partial charge in [-0.15, -0.1) is 24.0 Å². The molecule has 3 rings (SSSR count). The Morgan fingerprint density at radius 2 is 1.93 bits per heavy atom. The third-order valence-corrected chi connectivity index (χ3v) is 5.17. The van der Waals surface area contributed by atoms with Gasteiger partial charge in [0.05, 0.1) is 6.54 Å². The lowest BCUT2D eigenvalue weighted by molar-refractivity contribution is -0.126. The lowest BCUT2D eigenvalue weighted by Crippen LogP contribution is -2.47. The van der Waals surface area contributed by atoms with Crippen molar-refractivity contribution in [3.63, 3.8) is 0 Å². The molecule has 2 fully saturated rings. The molecule has 3 N–H and O–H groups in total. The van der Waals surface area contributed by atoms with Crippen molar-refractivity contribution in [3.8, 4) is 5.75 Å². The molecule has 1 aromatic rings. The van der Waals surface area contributed by atoms with Gasteiger partial charge in [0, 0.05) is 30.6 Å². The molecule has 2 aliphatic carbocycles. The number of halogens is 3. The zero-order valence-corrected chi connectivity index (χ0v) is 19.6. The fraction of sp³-hybridized carbons (Fsp3) is 0.619. The van der Waals surface area contributed by atoms with Crippen LogP contribution in [0.2, 0.25) is 0 Å². The molecule has 9 heteroatoms. The van der Waals surface area contributed by atoms with Crippen LogP contribution in [-0.4, -0.2) is 43.6 Å². The maximum absolute atomic E-state index is 13.2. The number of nitrogens with zero attached hydrogens (tertiary/aromatic N) is 1. The second-order valence-electron chi connectivity index (χ2n) is 7.67. The van der Waals surface area contributed by atoms with Gasteiger partial charge in [0.15, 0.2) is 17.6 Å². The van der Waals surface area contributed by atoms with E-state index < -0.39 is 11.6 Å². The minimum absolute atomic E-state index is 0. The smallest absolute Gasteiger partial charge is 0.223 e. The number of carbonyl (C=O) groups is 1. The molecule has 0 heterocycles. The van der Waals surface area contributed by atoms with Gasteiger partial charge >= 0.3 is 0 Å². The van der Waals surface area contributed by atoms with Gasteiger partial charge in [-0.3, -0.25) is 4.79 Å². The van der Waals surface area contributed by atoms with Crippen molar-refractivity contribution in [2.24, 2.45) is 10.9 Å². The number of nitrogens with one attached hydrogen (secondary N) is 3. The highest BCUT2D eigenvalue weighted by molar-refractivity contribution is 14.0. The van der Waals surface area contributed by atoms with Gasteiger partial charge in [0.2, 0.25) is 5.91 Å². The maximum atomic E-state index is 13.2. The lowest BCUT2D eigenvalue weighted by Gasteiger charge is -2.30. The highest BCUT2D eigenvalue weighted by Gasteiger charge is 2.31. The van der Waals surface area contributed by atoms with Crippen molar-refractivity contribution in [1.29, 1.82) is 0 Å². The van der Waals surface area contributed by atoms with Crippen LogP contribution in [0.5, 0.6) is 5.75 Å². The van der Waals surface area contributed by atoms with Crippen molar-refractivity contribution in [3.05, 3.63) is 29.8 Å². The summed E-state index contributed by atoms with van der Waals surface area (Å²) in [5.74, 6) is -0.644. The van der Waals surface area contributed by atoms with Crippen LogP contribution in [0.15, 0.2) is 23.2 Å². The summed E-state index contributed by atoms with van der Waals surface area (Å²) in [5, 5.41) is 9.73. The van der Waals surface area contributed by atoms with E-state index in [4.69, 9.17) is 4.74 Å². The Bertz CT molecular complexity index is 731. The number of benzene rings is 1. The Balaban J connectivity index is 0.00000320. The van der Waals surface area contributed by atoms with Crippen LogP contribution in [-0.2, 0) is 4.79 Å². The molecule has 2 aliphatic rings. The van der Waals surface area contributed by atoms with Crippen molar-refractivity contribution >= 4 is 35.8 Å². The predicted octanol–water partition coefficient (Wildman–Crippen LogP) is 3.35. The first kappa shape index (κ1) is 24.6. The molecular weight excluding hydrogens is 505 g/mol. The molecule has 2 unspecified atom stereocenters. The Kier molecular flexibility index (Phi) is 10.1. The molecule has 2 saturated carbocycles.